The number of benzene rings is 2. The van der Waals surface area contributed by atoms with Crippen molar-refractivity contribution in [2.75, 3.05) is 4.90 Å². The summed E-state index contributed by atoms with van der Waals surface area (Å²) in [4.78, 5) is 13.2. The molecule has 0 saturated carbocycles. The van der Waals surface area contributed by atoms with Crippen molar-refractivity contribution >= 4 is 17.5 Å². The van der Waals surface area contributed by atoms with Crippen LogP contribution in [0.25, 0.3) is 0 Å². The van der Waals surface area contributed by atoms with Crippen molar-refractivity contribution < 1.29 is 9.53 Å². The van der Waals surface area contributed by atoms with Gasteiger partial charge in [-0.3, -0.25) is 0 Å². The van der Waals surface area contributed by atoms with E-state index in [1.807, 2.05) is 60.7 Å². The molecule has 17 heavy (non-hydrogen) atoms. The van der Waals surface area contributed by atoms with Crippen molar-refractivity contribution in [3.63, 3.8) is 0 Å². The maximum absolute atomic E-state index is 11.8. The van der Waals surface area contributed by atoms with Gasteiger partial charge in [0.2, 0.25) is 0 Å². The number of para-hydroxylation sites is 2. The van der Waals surface area contributed by atoms with Gasteiger partial charge in [-0.05, 0) is 24.3 Å². The Kier molecular flexibility index (Phi) is 3.40. The molecule has 0 saturated heterocycles. The Morgan fingerprint density at radius 1 is 0.882 bits per heavy atom. The molecule has 85 valence electrons. The molecular formula is C14H12NO2. The molecule has 2 rings (SSSR count). The number of carbonyl (C=O) groups excluding carboxylic acids is 1. The fraction of sp³-hybridized carbons (Fsp3) is 0. The number of ether oxygens (including phenoxy) is 1. The Morgan fingerprint density at radius 2 is 1.29 bits per heavy atom. The third-order valence-electron chi connectivity index (χ3n) is 2.33. The van der Waals surface area contributed by atoms with Gasteiger partial charge in [0.05, 0.1) is 11.4 Å². The quantitative estimate of drug-likeness (QED) is 0.780. The predicted octanol–water partition coefficient (Wildman–Crippen LogP) is 3.75. The van der Waals surface area contributed by atoms with Crippen molar-refractivity contribution in [3.8, 4) is 0 Å². The molecule has 0 heterocycles. The summed E-state index contributed by atoms with van der Waals surface area (Å²) in [5, 5.41) is 0. The van der Waals surface area contributed by atoms with Gasteiger partial charge in [-0.1, -0.05) is 36.4 Å². The first-order chi connectivity index (χ1) is 8.33. The van der Waals surface area contributed by atoms with E-state index in [9.17, 15) is 4.79 Å². The second-order valence-corrected chi connectivity index (χ2v) is 3.42. The molecular weight excluding hydrogens is 214 g/mol. The van der Waals surface area contributed by atoms with Crippen LogP contribution in [0.5, 0.6) is 0 Å². The van der Waals surface area contributed by atoms with E-state index in [-0.39, 0.29) is 0 Å². The average molecular weight is 226 g/mol. The van der Waals surface area contributed by atoms with Gasteiger partial charge in [0, 0.05) is 0 Å². The molecule has 0 atom stereocenters. The van der Waals surface area contributed by atoms with Gasteiger partial charge >= 0.3 is 6.09 Å². The minimum absolute atomic E-state index is 0.512. The zero-order valence-electron chi connectivity index (χ0n) is 9.24. The van der Waals surface area contributed by atoms with Gasteiger partial charge in [-0.25, -0.2) is 9.69 Å². The van der Waals surface area contributed by atoms with E-state index in [4.69, 9.17) is 0 Å². The van der Waals surface area contributed by atoms with Crippen molar-refractivity contribution in [3.05, 3.63) is 67.8 Å². The zero-order chi connectivity index (χ0) is 12.1. The number of hydrogen-bond acceptors (Lipinski definition) is 2. The third kappa shape index (κ3) is 2.45. The molecule has 0 bridgehead atoms. The SMILES string of the molecule is [CH2]OC(=O)N(c1ccccc1)c1ccccc1. The van der Waals surface area contributed by atoms with Gasteiger partial charge in [-0.15, -0.1) is 0 Å². The average Bonchev–Trinajstić information content (AvgIpc) is 2.41. The van der Waals surface area contributed by atoms with Gasteiger partial charge in [0.15, 0.2) is 0 Å². The first-order valence-corrected chi connectivity index (χ1v) is 5.19. The van der Waals surface area contributed by atoms with Crippen LogP contribution in [-0.2, 0) is 4.74 Å². The monoisotopic (exact) mass is 226 g/mol. The van der Waals surface area contributed by atoms with Crippen molar-refractivity contribution in [1.29, 1.82) is 0 Å². The summed E-state index contributed by atoms with van der Waals surface area (Å²) >= 11 is 0. The molecule has 0 N–H and O–H groups in total. The Labute approximate surface area is 100 Å². The summed E-state index contributed by atoms with van der Waals surface area (Å²) in [6.45, 7) is 0. The normalized spacial score (nSPS) is 9.71. The van der Waals surface area contributed by atoms with E-state index in [1.165, 1.54) is 4.90 Å². The molecule has 3 heteroatoms. The van der Waals surface area contributed by atoms with Crippen LogP contribution in [0.1, 0.15) is 0 Å². The highest BCUT2D eigenvalue weighted by molar-refractivity contribution is 5.95. The van der Waals surface area contributed by atoms with Crippen LogP contribution < -0.4 is 4.90 Å². The number of rotatable bonds is 2. The van der Waals surface area contributed by atoms with Crippen LogP contribution in [0.4, 0.5) is 16.2 Å². The number of hydrogen-bond donors (Lipinski definition) is 0. The smallest absolute Gasteiger partial charge is 0.419 e. The van der Waals surface area contributed by atoms with E-state index in [1.54, 1.807) is 0 Å². The molecule has 0 aromatic heterocycles. The first kappa shape index (κ1) is 11.2. The minimum atomic E-state index is -0.512. The van der Waals surface area contributed by atoms with Crippen LogP contribution in [0, 0.1) is 7.11 Å². The Hall–Kier alpha value is -2.29. The van der Waals surface area contributed by atoms with Crippen molar-refractivity contribution in [1.82, 2.24) is 0 Å². The fourth-order valence-corrected chi connectivity index (χ4v) is 1.58. The zero-order valence-corrected chi connectivity index (χ0v) is 9.24. The van der Waals surface area contributed by atoms with Crippen molar-refractivity contribution in [2.45, 2.75) is 0 Å². The van der Waals surface area contributed by atoms with Crippen LogP contribution in [-0.4, -0.2) is 6.09 Å². The summed E-state index contributed by atoms with van der Waals surface area (Å²) in [5.74, 6) is 0. The second-order valence-electron chi connectivity index (χ2n) is 3.42. The lowest BCUT2D eigenvalue weighted by Crippen LogP contribution is -2.24. The summed E-state index contributed by atoms with van der Waals surface area (Å²) in [6, 6.07) is 18.6. The number of amides is 1. The fourth-order valence-electron chi connectivity index (χ4n) is 1.58. The molecule has 1 amide bonds. The maximum atomic E-state index is 11.8. The molecule has 0 aliphatic heterocycles. The molecule has 0 spiro atoms. The van der Waals surface area contributed by atoms with Crippen LogP contribution in [0.2, 0.25) is 0 Å². The van der Waals surface area contributed by atoms with Gasteiger partial charge in [0.25, 0.3) is 0 Å². The Bertz CT molecular complexity index is 443. The minimum Gasteiger partial charge on any atom is -0.445 e. The summed E-state index contributed by atoms with van der Waals surface area (Å²) < 4.78 is 4.56. The lowest BCUT2D eigenvalue weighted by atomic mass is 10.2. The summed E-state index contributed by atoms with van der Waals surface area (Å²) in [6.07, 6.45) is -0.512. The topological polar surface area (TPSA) is 29.5 Å². The van der Waals surface area contributed by atoms with E-state index in [0.717, 1.165) is 11.4 Å². The summed E-state index contributed by atoms with van der Waals surface area (Å²) in [7, 11) is 3.17. The van der Waals surface area contributed by atoms with E-state index in [2.05, 4.69) is 11.8 Å². The van der Waals surface area contributed by atoms with Crippen molar-refractivity contribution in [2.24, 2.45) is 0 Å². The summed E-state index contributed by atoms with van der Waals surface area (Å²) in [5.41, 5.74) is 1.49. The molecule has 3 nitrogen and oxygen atoms in total. The molecule has 0 fully saturated rings. The van der Waals surface area contributed by atoms with E-state index >= 15 is 0 Å². The maximum Gasteiger partial charge on any atom is 0.419 e. The number of carbonyl (C=O) groups is 1. The largest absolute Gasteiger partial charge is 0.445 e. The van der Waals surface area contributed by atoms with Gasteiger partial charge < -0.3 is 4.74 Å². The van der Waals surface area contributed by atoms with Crippen LogP contribution in [0.3, 0.4) is 0 Å². The molecule has 0 unspecified atom stereocenters. The van der Waals surface area contributed by atoms with Gasteiger partial charge in [-0.2, -0.15) is 0 Å². The van der Waals surface area contributed by atoms with Crippen LogP contribution >= 0.6 is 0 Å². The lowest BCUT2D eigenvalue weighted by Gasteiger charge is -2.21. The lowest BCUT2D eigenvalue weighted by molar-refractivity contribution is 0.194. The van der Waals surface area contributed by atoms with E-state index < -0.39 is 6.09 Å². The predicted molar refractivity (Wildman–Crippen MR) is 66.9 cm³/mol. The highest BCUT2D eigenvalue weighted by atomic mass is 16.5. The molecule has 0 aliphatic carbocycles. The molecule has 1 radical (unpaired) electrons. The van der Waals surface area contributed by atoms with Crippen LogP contribution in [0.15, 0.2) is 60.7 Å². The second kappa shape index (κ2) is 5.16. The standard InChI is InChI=1S/C14H12NO2/c1-17-14(16)15(12-8-4-2-5-9-12)13-10-6-3-7-11-13/h2-11H,1H2. The van der Waals surface area contributed by atoms with E-state index in [0.29, 0.717) is 0 Å². The number of anilines is 2. The third-order valence-corrected chi connectivity index (χ3v) is 2.33. The Morgan fingerprint density at radius 3 is 1.65 bits per heavy atom. The molecule has 0 aliphatic rings. The molecule has 2 aromatic rings. The highest BCUT2D eigenvalue weighted by Gasteiger charge is 2.17. The molecule has 2 aromatic carbocycles. The Balaban J connectivity index is 2.43. The first-order valence-electron chi connectivity index (χ1n) is 5.19. The highest BCUT2D eigenvalue weighted by Crippen LogP contribution is 2.25. The number of nitrogens with zero attached hydrogens (tertiary/aromatic N) is 1. The van der Waals surface area contributed by atoms with Gasteiger partial charge in [0.1, 0.15) is 7.11 Å².